The van der Waals surface area contributed by atoms with Crippen LogP contribution in [0.1, 0.15) is 54.3 Å². The van der Waals surface area contributed by atoms with Crippen molar-refractivity contribution in [1.29, 1.82) is 0 Å². The average molecular weight is 449 g/mol. The Kier molecular flexibility index (Phi) is 8.51. The summed E-state index contributed by atoms with van der Waals surface area (Å²) in [5.74, 6) is -0.0246. The fourth-order valence-electron chi connectivity index (χ4n) is 2.29. The number of ether oxygens (including phenoxy) is 3. The topological polar surface area (TPSA) is 61.8 Å². The van der Waals surface area contributed by atoms with Crippen LogP contribution in [0.3, 0.4) is 0 Å². The van der Waals surface area contributed by atoms with Crippen molar-refractivity contribution in [2.24, 2.45) is 5.92 Å². The van der Waals surface area contributed by atoms with E-state index in [1.165, 1.54) is 6.07 Å². The molecule has 5 nitrogen and oxygen atoms in total. The molecule has 0 saturated carbocycles. The van der Waals surface area contributed by atoms with Crippen LogP contribution in [0, 0.1) is 5.92 Å². The summed E-state index contributed by atoms with van der Waals surface area (Å²) < 4.78 is 17.1. The van der Waals surface area contributed by atoms with Gasteiger partial charge in [-0.3, -0.25) is 0 Å². The van der Waals surface area contributed by atoms with Crippen molar-refractivity contribution in [2.45, 2.75) is 33.6 Å². The molecule has 0 unspecified atom stereocenters. The van der Waals surface area contributed by atoms with Crippen LogP contribution >= 0.6 is 15.9 Å². The fourth-order valence-corrected chi connectivity index (χ4v) is 2.65. The van der Waals surface area contributed by atoms with Crippen LogP contribution in [0.4, 0.5) is 0 Å². The van der Waals surface area contributed by atoms with Gasteiger partial charge in [-0.05, 0) is 48.7 Å². The lowest BCUT2D eigenvalue weighted by Gasteiger charge is -2.12. The van der Waals surface area contributed by atoms with Gasteiger partial charge in [0, 0.05) is 4.47 Å². The third-order valence-electron chi connectivity index (χ3n) is 3.75. The summed E-state index contributed by atoms with van der Waals surface area (Å²) in [4.78, 5) is 24.8. The Morgan fingerprint density at radius 2 is 1.86 bits per heavy atom. The molecule has 0 N–H and O–H groups in total. The van der Waals surface area contributed by atoms with Gasteiger partial charge in [0.25, 0.3) is 0 Å². The highest BCUT2D eigenvalue weighted by Gasteiger charge is 2.17. The number of carbonyl (C=O) groups is 2. The number of rotatable bonds is 9. The van der Waals surface area contributed by atoms with Crippen molar-refractivity contribution in [2.75, 3.05) is 13.2 Å². The average Bonchev–Trinajstić information content (AvgIpc) is 2.67. The van der Waals surface area contributed by atoms with Crippen LogP contribution in [0.15, 0.2) is 46.9 Å². The summed E-state index contributed by atoms with van der Waals surface area (Å²) >= 11 is 3.37. The van der Waals surface area contributed by atoms with Crippen molar-refractivity contribution in [1.82, 2.24) is 0 Å². The maximum Gasteiger partial charge on any atom is 0.347 e. The minimum absolute atomic E-state index is 0.243. The quantitative estimate of drug-likeness (QED) is 0.281. The molecule has 0 aliphatic rings. The van der Waals surface area contributed by atoms with Crippen LogP contribution in [-0.2, 0) is 4.74 Å². The summed E-state index contributed by atoms with van der Waals surface area (Å²) in [6.45, 7) is 6.85. The molecule has 0 heterocycles. The monoisotopic (exact) mass is 448 g/mol. The molecule has 0 bridgehead atoms. The van der Waals surface area contributed by atoms with E-state index >= 15 is 0 Å². The lowest BCUT2D eigenvalue weighted by Crippen LogP contribution is -2.13. The Balaban J connectivity index is 2.13. The highest BCUT2D eigenvalue weighted by molar-refractivity contribution is 9.10. The third kappa shape index (κ3) is 6.68. The zero-order chi connectivity index (χ0) is 20.5. The molecule has 6 heteroatoms. The SMILES string of the molecule is CCCCOc1ccc(Br)cc1C(=O)Oc1cccc(C(=O)OCC(C)C)c1. The molecule has 2 rings (SSSR count). The number of hydrogen-bond donors (Lipinski definition) is 0. The smallest absolute Gasteiger partial charge is 0.347 e. The normalized spacial score (nSPS) is 10.6. The molecule has 0 aromatic heterocycles. The standard InChI is InChI=1S/C22H25BrO5/c1-4-5-11-26-20-10-9-17(23)13-19(20)22(25)28-18-8-6-7-16(12-18)21(24)27-14-15(2)3/h6-10,12-13,15H,4-5,11,14H2,1-3H3. The fraction of sp³-hybridized carbons (Fsp3) is 0.364. The number of hydrogen-bond acceptors (Lipinski definition) is 5. The number of halogens is 1. The summed E-state index contributed by atoms with van der Waals surface area (Å²) in [5, 5.41) is 0. The van der Waals surface area contributed by atoms with Crippen molar-refractivity contribution in [3.05, 3.63) is 58.1 Å². The van der Waals surface area contributed by atoms with Crippen molar-refractivity contribution >= 4 is 27.9 Å². The number of carbonyl (C=O) groups excluding carboxylic acids is 2. The molecule has 0 aliphatic heterocycles. The predicted octanol–water partition coefficient (Wildman–Crippen LogP) is 5.66. The Bertz CT molecular complexity index is 816. The van der Waals surface area contributed by atoms with Gasteiger partial charge < -0.3 is 14.2 Å². The molecule has 0 spiro atoms. The number of esters is 2. The van der Waals surface area contributed by atoms with E-state index in [-0.39, 0.29) is 11.7 Å². The van der Waals surface area contributed by atoms with Crippen molar-refractivity contribution < 1.29 is 23.8 Å². The van der Waals surface area contributed by atoms with Crippen LogP contribution < -0.4 is 9.47 Å². The number of unbranched alkanes of at least 4 members (excludes halogenated alkanes) is 1. The first-order valence-corrected chi connectivity index (χ1v) is 10.1. The van der Waals surface area contributed by atoms with Crippen LogP contribution in [0.5, 0.6) is 11.5 Å². The molecule has 28 heavy (non-hydrogen) atoms. The summed E-state index contributed by atoms with van der Waals surface area (Å²) in [5.41, 5.74) is 0.651. The first-order valence-electron chi connectivity index (χ1n) is 9.32. The maximum absolute atomic E-state index is 12.7. The van der Waals surface area contributed by atoms with E-state index in [1.807, 2.05) is 19.9 Å². The molecule has 2 aromatic rings. The number of benzene rings is 2. The van der Waals surface area contributed by atoms with Gasteiger partial charge in [0.05, 0.1) is 18.8 Å². The molecular weight excluding hydrogens is 424 g/mol. The van der Waals surface area contributed by atoms with Crippen molar-refractivity contribution in [3.8, 4) is 11.5 Å². The molecular formula is C22H25BrO5. The van der Waals surface area contributed by atoms with E-state index in [9.17, 15) is 9.59 Å². The molecule has 2 aromatic carbocycles. The zero-order valence-electron chi connectivity index (χ0n) is 16.4. The van der Waals surface area contributed by atoms with Gasteiger partial charge in [-0.25, -0.2) is 9.59 Å². The van der Waals surface area contributed by atoms with Gasteiger partial charge in [-0.15, -0.1) is 0 Å². The maximum atomic E-state index is 12.7. The molecule has 0 fully saturated rings. The molecule has 150 valence electrons. The lowest BCUT2D eigenvalue weighted by molar-refractivity contribution is 0.0457. The molecule has 0 saturated heterocycles. The van der Waals surface area contributed by atoms with E-state index in [1.54, 1.807) is 30.3 Å². The van der Waals surface area contributed by atoms with E-state index in [4.69, 9.17) is 14.2 Å². The second-order valence-corrected chi connectivity index (χ2v) is 7.67. The minimum Gasteiger partial charge on any atom is -0.493 e. The van der Waals surface area contributed by atoms with E-state index in [0.717, 1.165) is 17.3 Å². The molecule has 0 radical (unpaired) electrons. The van der Waals surface area contributed by atoms with Gasteiger partial charge in [-0.1, -0.05) is 49.2 Å². The highest BCUT2D eigenvalue weighted by atomic mass is 79.9. The summed E-state index contributed by atoms with van der Waals surface area (Å²) in [6.07, 6.45) is 1.89. The Morgan fingerprint density at radius 3 is 2.57 bits per heavy atom. The minimum atomic E-state index is -0.555. The Labute approximate surface area is 174 Å². The van der Waals surface area contributed by atoms with E-state index in [0.29, 0.717) is 30.1 Å². The first kappa shape index (κ1) is 22.0. The lowest BCUT2D eigenvalue weighted by atomic mass is 10.2. The van der Waals surface area contributed by atoms with E-state index in [2.05, 4.69) is 22.9 Å². The van der Waals surface area contributed by atoms with Gasteiger partial charge in [-0.2, -0.15) is 0 Å². The van der Waals surface area contributed by atoms with Gasteiger partial charge in [0.2, 0.25) is 0 Å². The summed E-state index contributed by atoms with van der Waals surface area (Å²) in [7, 11) is 0. The largest absolute Gasteiger partial charge is 0.493 e. The molecule has 0 aliphatic carbocycles. The van der Waals surface area contributed by atoms with Crippen molar-refractivity contribution in [3.63, 3.8) is 0 Å². The molecule has 0 amide bonds. The van der Waals surface area contributed by atoms with Gasteiger partial charge >= 0.3 is 11.9 Å². The summed E-state index contributed by atoms with van der Waals surface area (Å²) in [6, 6.07) is 11.6. The second-order valence-electron chi connectivity index (χ2n) is 6.75. The third-order valence-corrected chi connectivity index (χ3v) is 4.24. The Hall–Kier alpha value is -2.34. The molecule has 0 atom stereocenters. The first-order chi connectivity index (χ1) is 13.4. The van der Waals surface area contributed by atoms with Crippen LogP contribution in [-0.4, -0.2) is 25.2 Å². The predicted molar refractivity (Wildman–Crippen MR) is 111 cm³/mol. The van der Waals surface area contributed by atoms with Crippen LogP contribution in [0.2, 0.25) is 0 Å². The van der Waals surface area contributed by atoms with Crippen LogP contribution in [0.25, 0.3) is 0 Å². The zero-order valence-corrected chi connectivity index (χ0v) is 18.0. The van der Waals surface area contributed by atoms with Gasteiger partial charge in [0.1, 0.15) is 17.1 Å². The Morgan fingerprint density at radius 1 is 1.07 bits per heavy atom. The highest BCUT2D eigenvalue weighted by Crippen LogP contribution is 2.26. The second kappa shape index (κ2) is 10.9. The van der Waals surface area contributed by atoms with E-state index < -0.39 is 11.9 Å². The van der Waals surface area contributed by atoms with Gasteiger partial charge in [0.15, 0.2) is 0 Å².